The Hall–Kier alpha value is -3.13. The molecule has 30 heavy (non-hydrogen) atoms. The van der Waals surface area contributed by atoms with Crippen molar-refractivity contribution in [1.29, 1.82) is 0 Å². The first-order valence-electron chi connectivity index (χ1n) is 10.2. The maximum atomic E-state index is 12.8. The largest absolute Gasteiger partial charge is 0.332 e. The number of nitrogens with zero attached hydrogens (tertiary/aromatic N) is 6. The third-order valence-electron chi connectivity index (χ3n) is 5.96. The Labute approximate surface area is 174 Å². The van der Waals surface area contributed by atoms with Gasteiger partial charge in [0.15, 0.2) is 11.2 Å². The van der Waals surface area contributed by atoms with Crippen LogP contribution in [-0.4, -0.2) is 41.6 Å². The van der Waals surface area contributed by atoms with Crippen LogP contribution in [0.5, 0.6) is 0 Å². The second kappa shape index (κ2) is 7.60. The minimum Gasteiger partial charge on any atom is -0.314 e. The van der Waals surface area contributed by atoms with Crippen LogP contribution in [0, 0.1) is 13.8 Å². The van der Waals surface area contributed by atoms with Crippen LogP contribution in [-0.2, 0) is 27.2 Å². The van der Waals surface area contributed by atoms with Crippen molar-refractivity contribution in [3.63, 3.8) is 0 Å². The van der Waals surface area contributed by atoms with E-state index in [4.69, 9.17) is 0 Å². The third-order valence-corrected chi connectivity index (χ3v) is 5.96. The Kier molecular flexibility index (Phi) is 5.11. The van der Waals surface area contributed by atoms with Crippen molar-refractivity contribution in [3.05, 3.63) is 68.1 Å². The van der Waals surface area contributed by atoms with Crippen molar-refractivity contribution in [1.82, 2.24) is 28.0 Å². The fourth-order valence-corrected chi connectivity index (χ4v) is 4.13. The second-order valence-electron chi connectivity index (χ2n) is 8.02. The summed E-state index contributed by atoms with van der Waals surface area (Å²) in [6.45, 7) is 6.69. The van der Waals surface area contributed by atoms with E-state index in [1.165, 1.54) is 17.2 Å². The molecular weight excluding hydrogens is 380 g/mol. The van der Waals surface area contributed by atoms with Crippen LogP contribution >= 0.6 is 0 Å². The molecule has 3 aromatic heterocycles. The van der Waals surface area contributed by atoms with E-state index >= 15 is 0 Å². The third kappa shape index (κ3) is 3.17. The minimum atomic E-state index is -0.364. The van der Waals surface area contributed by atoms with Gasteiger partial charge in [0.1, 0.15) is 0 Å². The summed E-state index contributed by atoms with van der Waals surface area (Å²) in [6.07, 6.45) is 0.952. The number of fused-ring (bicyclic) bond motifs is 3. The Morgan fingerprint density at radius 2 is 1.70 bits per heavy atom. The highest BCUT2D eigenvalue weighted by Crippen LogP contribution is 2.21. The van der Waals surface area contributed by atoms with E-state index in [-0.39, 0.29) is 11.2 Å². The lowest BCUT2D eigenvalue weighted by molar-refractivity contribution is 0.314. The highest BCUT2D eigenvalue weighted by molar-refractivity contribution is 5.76. The van der Waals surface area contributed by atoms with Crippen LogP contribution in [0.1, 0.15) is 23.4 Å². The average molecular weight is 409 g/mol. The lowest BCUT2D eigenvalue weighted by Gasteiger charge is -2.17. The number of aryl methyl sites for hydroxylation is 3. The fraction of sp³-hybridized carbons (Fsp3) is 0.409. The predicted molar refractivity (Wildman–Crippen MR) is 118 cm³/mol. The molecule has 0 aliphatic carbocycles. The molecule has 3 heterocycles. The topological polar surface area (TPSA) is 69.5 Å². The van der Waals surface area contributed by atoms with E-state index in [2.05, 4.69) is 52.7 Å². The molecule has 158 valence electrons. The minimum absolute atomic E-state index is 0.316. The van der Waals surface area contributed by atoms with E-state index in [0.29, 0.717) is 16.9 Å². The van der Waals surface area contributed by atoms with Crippen molar-refractivity contribution >= 4 is 16.9 Å². The zero-order valence-corrected chi connectivity index (χ0v) is 18.2. The summed E-state index contributed by atoms with van der Waals surface area (Å²) in [5.41, 5.74) is 3.56. The smallest absolute Gasteiger partial charge is 0.314 e. The van der Waals surface area contributed by atoms with Crippen LogP contribution in [0.2, 0.25) is 0 Å². The van der Waals surface area contributed by atoms with Crippen LogP contribution in [0.15, 0.2) is 39.9 Å². The van der Waals surface area contributed by atoms with Gasteiger partial charge < -0.3 is 9.47 Å². The van der Waals surface area contributed by atoms with Crippen LogP contribution in [0.25, 0.3) is 16.9 Å². The molecule has 4 rings (SSSR count). The molecule has 0 fully saturated rings. The summed E-state index contributed by atoms with van der Waals surface area (Å²) >= 11 is 0. The summed E-state index contributed by atoms with van der Waals surface area (Å²) < 4.78 is 6.62. The molecule has 0 bridgehead atoms. The normalized spacial score (nSPS) is 11.9. The lowest BCUT2D eigenvalue weighted by Crippen LogP contribution is -2.37. The summed E-state index contributed by atoms with van der Waals surface area (Å²) in [4.78, 5) is 32.1. The Balaban J connectivity index is 1.64. The van der Waals surface area contributed by atoms with Crippen molar-refractivity contribution in [2.75, 3.05) is 13.6 Å². The van der Waals surface area contributed by atoms with Crippen LogP contribution in [0.3, 0.4) is 0 Å². The molecule has 1 aromatic carbocycles. The lowest BCUT2D eigenvalue weighted by atomic mass is 10.2. The van der Waals surface area contributed by atoms with E-state index in [1.807, 2.05) is 17.4 Å². The first kappa shape index (κ1) is 20.2. The second-order valence-corrected chi connectivity index (χ2v) is 8.02. The van der Waals surface area contributed by atoms with E-state index in [9.17, 15) is 9.59 Å². The van der Waals surface area contributed by atoms with Crippen molar-refractivity contribution in [2.24, 2.45) is 14.1 Å². The predicted octanol–water partition coefficient (Wildman–Crippen LogP) is 1.83. The number of hydrogen-bond acceptors (Lipinski definition) is 4. The zero-order valence-electron chi connectivity index (χ0n) is 18.2. The van der Waals surface area contributed by atoms with Gasteiger partial charge in [-0.2, -0.15) is 4.98 Å². The molecule has 0 atom stereocenters. The van der Waals surface area contributed by atoms with Crippen molar-refractivity contribution in [3.8, 4) is 0 Å². The summed E-state index contributed by atoms with van der Waals surface area (Å²) in [7, 11) is 5.28. The van der Waals surface area contributed by atoms with Gasteiger partial charge in [-0.15, -0.1) is 0 Å². The van der Waals surface area contributed by atoms with Crippen LogP contribution < -0.4 is 11.2 Å². The quantitative estimate of drug-likeness (QED) is 0.488. The van der Waals surface area contributed by atoms with Gasteiger partial charge in [-0.25, -0.2) is 4.79 Å². The van der Waals surface area contributed by atoms with Gasteiger partial charge in [0, 0.05) is 38.6 Å². The number of aromatic nitrogens is 5. The Morgan fingerprint density at radius 3 is 2.40 bits per heavy atom. The standard InChI is InChI=1S/C22H28N6O2/c1-15-16(2)28-18-19(25(4)22(30)26(5)20(18)29)23-21(28)27(15)13-9-12-24(3)14-17-10-7-6-8-11-17/h6-8,10-11H,9,12-14H2,1-5H3. The molecule has 8 heteroatoms. The Bertz CT molecular complexity index is 1340. The average Bonchev–Trinajstić information content (AvgIpc) is 3.23. The maximum absolute atomic E-state index is 12.8. The molecule has 0 amide bonds. The summed E-state index contributed by atoms with van der Waals surface area (Å²) in [5, 5.41) is 0. The molecule has 0 spiro atoms. The van der Waals surface area contributed by atoms with Crippen molar-refractivity contribution in [2.45, 2.75) is 33.4 Å². The zero-order chi connectivity index (χ0) is 21.6. The van der Waals surface area contributed by atoms with Gasteiger partial charge in [0.25, 0.3) is 5.56 Å². The van der Waals surface area contributed by atoms with E-state index < -0.39 is 0 Å². The highest BCUT2D eigenvalue weighted by atomic mass is 16.2. The molecule has 0 aliphatic rings. The van der Waals surface area contributed by atoms with Gasteiger partial charge in [-0.1, -0.05) is 30.3 Å². The molecule has 0 N–H and O–H groups in total. The molecule has 0 unspecified atom stereocenters. The van der Waals surface area contributed by atoms with Crippen molar-refractivity contribution < 1.29 is 0 Å². The first-order chi connectivity index (χ1) is 14.3. The molecule has 8 nitrogen and oxygen atoms in total. The van der Waals surface area contributed by atoms with Gasteiger partial charge in [-0.05, 0) is 39.4 Å². The Morgan fingerprint density at radius 1 is 1.00 bits per heavy atom. The molecule has 0 saturated carbocycles. The molecular formula is C22H28N6O2. The monoisotopic (exact) mass is 408 g/mol. The van der Waals surface area contributed by atoms with E-state index in [1.54, 1.807) is 7.05 Å². The summed E-state index contributed by atoms with van der Waals surface area (Å²) in [5.74, 6) is 0.712. The number of imidazole rings is 2. The van der Waals surface area contributed by atoms with Gasteiger partial charge in [-0.3, -0.25) is 18.3 Å². The molecule has 4 aromatic rings. The van der Waals surface area contributed by atoms with Crippen LogP contribution in [0.4, 0.5) is 0 Å². The SMILES string of the molecule is Cc1c(C)n2c3c(=O)n(C)c(=O)n(C)c3nc2n1CCCN(C)Cc1ccccc1. The molecule has 0 saturated heterocycles. The van der Waals surface area contributed by atoms with Gasteiger partial charge in [0.05, 0.1) is 0 Å². The number of benzene rings is 1. The summed E-state index contributed by atoms with van der Waals surface area (Å²) in [6, 6.07) is 10.4. The van der Waals surface area contributed by atoms with E-state index in [0.717, 1.165) is 42.0 Å². The van der Waals surface area contributed by atoms with Gasteiger partial charge >= 0.3 is 5.69 Å². The number of hydrogen-bond donors (Lipinski definition) is 0. The number of rotatable bonds is 6. The maximum Gasteiger partial charge on any atom is 0.332 e. The first-order valence-corrected chi connectivity index (χ1v) is 10.2. The highest BCUT2D eigenvalue weighted by Gasteiger charge is 2.21. The molecule has 0 radical (unpaired) electrons. The fourth-order valence-electron chi connectivity index (χ4n) is 4.13. The van der Waals surface area contributed by atoms with Gasteiger partial charge in [0.2, 0.25) is 5.78 Å². The molecule has 0 aliphatic heterocycles.